The molecule has 0 aliphatic rings. The Kier molecular flexibility index (Phi) is 4.35. The minimum atomic E-state index is -4.36. The van der Waals surface area contributed by atoms with Crippen molar-refractivity contribution in [3.8, 4) is 5.75 Å². The van der Waals surface area contributed by atoms with Crippen LogP contribution in [0.3, 0.4) is 0 Å². The van der Waals surface area contributed by atoms with Gasteiger partial charge in [-0.2, -0.15) is 13.2 Å². The van der Waals surface area contributed by atoms with Crippen molar-refractivity contribution in [3.63, 3.8) is 0 Å². The first-order valence-electron chi connectivity index (χ1n) is 6.13. The summed E-state index contributed by atoms with van der Waals surface area (Å²) in [6.07, 6.45) is -4.36. The zero-order chi connectivity index (χ0) is 15.5. The number of hydrogen-bond acceptors (Lipinski definition) is 2. The van der Waals surface area contributed by atoms with Crippen molar-refractivity contribution in [2.45, 2.75) is 12.7 Å². The number of methoxy groups -OCH3 is 1. The van der Waals surface area contributed by atoms with Gasteiger partial charge in [0.15, 0.2) is 0 Å². The second kappa shape index (κ2) is 6.03. The van der Waals surface area contributed by atoms with Crippen LogP contribution in [0.15, 0.2) is 42.5 Å². The minimum absolute atomic E-state index is 0.168. The summed E-state index contributed by atoms with van der Waals surface area (Å²) in [6.45, 7) is 0.168. The summed E-state index contributed by atoms with van der Waals surface area (Å²) in [4.78, 5) is 0. The van der Waals surface area contributed by atoms with Gasteiger partial charge in [-0.15, -0.1) is 0 Å². The quantitative estimate of drug-likeness (QED) is 0.841. The molecule has 0 saturated carbocycles. The second-order valence-electron chi connectivity index (χ2n) is 4.39. The lowest BCUT2D eigenvalue weighted by Crippen LogP contribution is -2.06. The van der Waals surface area contributed by atoms with E-state index in [-0.39, 0.29) is 6.54 Å². The summed E-state index contributed by atoms with van der Waals surface area (Å²) in [7, 11) is 1.44. The molecule has 2 rings (SSSR count). The summed E-state index contributed by atoms with van der Waals surface area (Å²) in [6, 6.07) is 9.01. The molecule has 2 aromatic carbocycles. The SMILES string of the molecule is COc1ccc(CNc2ccc(C(F)(F)F)cc2)c(F)c1. The molecule has 0 amide bonds. The van der Waals surface area contributed by atoms with E-state index >= 15 is 0 Å². The number of halogens is 4. The van der Waals surface area contributed by atoms with Crippen LogP contribution in [0.2, 0.25) is 0 Å². The van der Waals surface area contributed by atoms with E-state index in [1.165, 1.54) is 25.3 Å². The monoisotopic (exact) mass is 299 g/mol. The lowest BCUT2D eigenvalue weighted by atomic mass is 10.1. The van der Waals surface area contributed by atoms with Crippen molar-refractivity contribution >= 4 is 5.69 Å². The third kappa shape index (κ3) is 3.87. The summed E-state index contributed by atoms with van der Waals surface area (Å²) in [5.41, 5.74) is 0.164. The van der Waals surface area contributed by atoms with E-state index in [1.807, 2.05) is 0 Å². The van der Waals surface area contributed by atoms with E-state index in [0.29, 0.717) is 17.0 Å². The predicted octanol–water partition coefficient (Wildman–Crippen LogP) is 4.47. The Labute approximate surface area is 119 Å². The third-order valence-electron chi connectivity index (χ3n) is 2.96. The van der Waals surface area contributed by atoms with Crippen LogP contribution in [0.5, 0.6) is 5.75 Å². The average Bonchev–Trinajstić information content (AvgIpc) is 2.45. The van der Waals surface area contributed by atoms with Crippen LogP contribution in [0.25, 0.3) is 0 Å². The van der Waals surface area contributed by atoms with Gasteiger partial charge in [0.25, 0.3) is 0 Å². The maximum Gasteiger partial charge on any atom is 0.416 e. The zero-order valence-electron chi connectivity index (χ0n) is 11.2. The molecular weight excluding hydrogens is 286 g/mol. The van der Waals surface area contributed by atoms with Gasteiger partial charge in [0.05, 0.1) is 12.7 Å². The number of alkyl halides is 3. The molecule has 0 aliphatic carbocycles. The fourth-order valence-corrected chi connectivity index (χ4v) is 1.77. The van der Waals surface area contributed by atoms with Crippen LogP contribution in [-0.2, 0) is 12.7 Å². The highest BCUT2D eigenvalue weighted by Gasteiger charge is 2.29. The Morgan fingerprint density at radius 3 is 2.24 bits per heavy atom. The smallest absolute Gasteiger partial charge is 0.416 e. The van der Waals surface area contributed by atoms with Crippen molar-refractivity contribution in [1.82, 2.24) is 0 Å². The molecule has 0 heterocycles. The maximum absolute atomic E-state index is 13.7. The van der Waals surface area contributed by atoms with Crippen molar-refractivity contribution < 1.29 is 22.3 Å². The summed E-state index contributed by atoms with van der Waals surface area (Å²) in [5.74, 6) is -0.0282. The fraction of sp³-hybridized carbons (Fsp3) is 0.200. The number of hydrogen-bond donors (Lipinski definition) is 1. The van der Waals surface area contributed by atoms with Crippen LogP contribution in [0.1, 0.15) is 11.1 Å². The van der Waals surface area contributed by atoms with Crippen molar-refractivity contribution in [2.75, 3.05) is 12.4 Å². The topological polar surface area (TPSA) is 21.3 Å². The number of anilines is 1. The van der Waals surface area contributed by atoms with Crippen LogP contribution in [0.4, 0.5) is 23.2 Å². The van der Waals surface area contributed by atoms with Gasteiger partial charge < -0.3 is 10.1 Å². The molecule has 0 aromatic heterocycles. The molecule has 0 unspecified atom stereocenters. The molecular formula is C15H13F4NO. The molecule has 21 heavy (non-hydrogen) atoms. The van der Waals surface area contributed by atoms with Gasteiger partial charge in [0.1, 0.15) is 11.6 Å². The molecule has 0 bridgehead atoms. The largest absolute Gasteiger partial charge is 0.497 e. The predicted molar refractivity (Wildman–Crippen MR) is 71.7 cm³/mol. The van der Waals surface area contributed by atoms with Crippen molar-refractivity contribution in [1.29, 1.82) is 0 Å². The highest BCUT2D eigenvalue weighted by Crippen LogP contribution is 2.30. The van der Waals surface area contributed by atoms with Gasteiger partial charge in [0, 0.05) is 23.9 Å². The number of rotatable bonds is 4. The molecule has 0 fully saturated rings. The maximum atomic E-state index is 13.7. The van der Waals surface area contributed by atoms with Gasteiger partial charge >= 0.3 is 6.18 Å². The Morgan fingerprint density at radius 1 is 1.05 bits per heavy atom. The van der Waals surface area contributed by atoms with Crippen LogP contribution >= 0.6 is 0 Å². The molecule has 0 spiro atoms. The molecule has 6 heteroatoms. The zero-order valence-corrected chi connectivity index (χ0v) is 11.2. The van der Waals surface area contributed by atoms with Gasteiger partial charge in [0.2, 0.25) is 0 Å². The van der Waals surface area contributed by atoms with E-state index in [2.05, 4.69) is 5.32 Å². The Morgan fingerprint density at radius 2 is 1.71 bits per heavy atom. The summed E-state index contributed by atoms with van der Waals surface area (Å²) in [5, 5.41) is 2.87. The standard InChI is InChI=1S/C15H13F4NO/c1-21-13-7-2-10(14(16)8-13)9-20-12-5-3-11(4-6-12)15(17,18)19/h2-8,20H,9H2,1H3. The number of benzene rings is 2. The van der Waals surface area contributed by atoms with Gasteiger partial charge in [-0.05, 0) is 30.3 Å². The molecule has 0 atom stereocenters. The Balaban J connectivity index is 2.03. The molecule has 0 saturated heterocycles. The second-order valence-corrected chi connectivity index (χ2v) is 4.39. The van der Waals surface area contributed by atoms with E-state index in [0.717, 1.165) is 12.1 Å². The average molecular weight is 299 g/mol. The molecule has 0 aliphatic heterocycles. The van der Waals surface area contributed by atoms with E-state index in [4.69, 9.17) is 4.74 Å². The van der Waals surface area contributed by atoms with Crippen LogP contribution in [-0.4, -0.2) is 7.11 Å². The normalized spacial score (nSPS) is 11.3. The first kappa shape index (κ1) is 15.2. The highest BCUT2D eigenvalue weighted by molar-refractivity contribution is 5.46. The summed E-state index contributed by atoms with van der Waals surface area (Å²) < 4.78 is 55.8. The minimum Gasteiger partial charge on any atom is -0.497 e. The fourth-order valence-electron chi connectivity index (χ4n) is 1.77. The van der Waals surface area contributed by atoms with Crippen molar-refractivity contribution in [3.05, 3.63) is 59.4 Å². The van der Waals surface area contributed by atoms with Gasteiger partial charge in [-0.3, -0.25) is 0 Å². The van der Waals surface area contributed by atoms with Crippen molar-refractivity contribution in [2.24, 2.45) is 0 Å². The first-order chi connectivity index (χ1) is 9.90. The lowest BCUT2D eigenvalue weighted by molar-refractivity contribution is -0.137. The molecule has 2 nitrogen and oxygen atoms in total. The lowest BCUT2D eigenvalue weighted by Gasteiger charge is -2.10. The van der Waals surface area contributed by atoms with Gasteiger partial charge in [-0.1, -0.05) is 6.07 Å². The highest BCUT2D eigenvalue weighted by atomic mass is 19.4. The number of nitrogens with one attached hydrogen (secondary N) is 1. The van der Waals surface area contributed by atoms with Gasteiger partial charge in [-0.25, -0.2) is 4.39 Å². The summed E-state index contributed by atoms with van der Waals surface area (Å²) >= 11 is 0. The third-order valence-corrected chi connectivity index (χ3v) is 2.96. The Hall–Kier alpha value is -2.24. The van der Waals surface area contributed by atoms with E-state index in [1.54, 1.807) is 12.1 Å². The Bertz CT molecular complexity index is 608. The van der Waals surface area contributed by atoms with E-state index in [9.17, 15) is 17.6 Å². The molecule has 1 N–H and O–H groups in total. The van der Waals surface area contributed by atoms with Crippen LogP contribution in [0, 0.1) is 5.82 Å². The molecule has 0 radical (unpaired) electrons. The van der Waals surface area contributed by atoms with E-state index < -0.39 is 17.6 Å². The number of ether oxygens (including phenoxy) is 1. The first-order valence-corrected chi connectivity index (χ1v) is 6.13. The molecule has 2 aromatic rings. The molecule has 112 valence electrons. The van der Waals surface area contributed by atoms with Crippen LogP contribution < -0.4 is 10.1 Å².